The number of urea groups is 1. The van der Waals surface area contributed by atoms with Gasteiger partial charge in [-0.15, -0.1) is 0 Å². The van der Waals surface area contributed by atoms with Crippen molar-refractivity contribution in [3.63, 3.8) is 0 Å². The molecule has 0 spiro atoms. The maximum Gasteiger partial charge on any atom is 0.319 e. The number of hydrogen-bond acceptors (Lipinski definition) is 9. The molecule has 17 heteroatoms. The van der Waals surface area contributed by atoms with Gasteiger partial charge < -0.3 is 41.3 Å². The van der Waals surface area contributed by atoms with Gasteiger partial charge in [-0.05, 0) is 72.3 Å². The zero-order valence-electron chi connectivity index (χ0n) is 32.4. The molecule has 3 aromatic carbocycles. The first-order valence-corrected chi connectivity index (χ1v) is 20.1. The predicted octanol–water partition coefficient (Wildman–Crippen LogP) is 2.88. The van der Waals surface area contributed by atoms with Crippen molar-refractivity contribution in [1.29, 1.82) is 0 Å². The molecule has 2 aliphatic rings. The molecule has 4 aromatic rings. The zero-order valence-corrected chi connectivity index (χ0v) is 33.2. The van der Waals surface area contributed by atoms with Gasteiger partial charge in [-0.1, -0.05) is 56.3 Å². The van der Waals surface area contributed by atoms with Crippen LogP contribution in [0.4, 0.5) is 20.7 Å². The van der Waals surface area contributed by atoms with E-state index < -0.39 is 60.8 Å². The summed E-state index contributed by atoms with van der Waals surface area (Å²) in [4.78, 5) is 85.2. The van der Waals surface area contributed by atoms with E-state index in [1.807, 2.05) is 29.2 Å². The van der Waals surface area contributed by atoms with Gasteiger partial charge in [-0.3, -0.25) is 24.0 Å². The quantitative estimate of drug-likeness (QED) is 0.129. The first kappa shape index (κ1) is 41.5. The van der Waals surface area contributed by atoms with E-state index in [4.69, 9.17) is 0 Å². The molecule has 6 rings (SSSR count). The highest BCUT2D eigenvalue weighted by Crippen LogP contribution is 2.30. The van der Waals surface area contributed by atoms with Crippen molar-refractivity contribution in [3.8, 4) is 0 Å². The largest absolute Gasteiger partial charge is 0.352 e. The molecule has 0 radical (unpaired) electrons. The molecule has 5 N–H and O–H groups in total. The summed E-state index contributed by atoms with van der Waals surface area (Å²) in [6.45, 7) is 5.30. The van der Waals surface area contributed by atoms with Gasteiger partial charge in [0.1, 0.15) is 29.8 Å². The molecule has 0 bridgehead atoms. The third-order valence-electron chi connectivity index (χ3n) is 10.2. The first-order chi connectivity index (χ1) is 28.0. The van der Waals surface area contributed by atoms with Crippen LogP contribution in [0.5, 0.6) is 0 Å². The Kier molecular flexibility index (Phi) is 13.9. The summed E-state index contributed by atoms with van der Waals surface area (Å²) in [6, 6.07) is 18.7. The Labute approximate surface area is 339 Å². The van der Waals surface area contributed by atoms with Crippen LogP contribution in [-0.2, 0) is 30.4 Å². The average Bonchev–Trinajstić information content (AvgIpc) is 3.90. The van der Waals surface area contributed by atoms with E-state index in [9.17, 15) is 33.2 Å². The van der Waals surface area contributed by atoms with Crippen LogP contribution in [0.25, 0.3) is 10.1 Å². The number of carbonyl (C=O) groups excluding carboxylic acids is 6. The van der Waals surface area contributed by atoms with Gasteiger partial charge in [0.25, 0.3) is 0 Å². The van der Waals surface area contributed by atoms with E-state index in [0.717, 1.165) is 21.5 Å². The highest BCUT2D eigenvalue weighted by molar-refractivity contribution is 7.13. The number of piperazine rings is 1. The minimum Gasteiger partial charge on any atom is -0.352 e. The summed E-state index contributed by atoms with van der Waals surface area (Å²) in [5.74, 6) is -2.25. The van der Waals surface area contributed by atoms with Crippen molar-refractivity contribution in [3.05, 3.63) is 90.2 Å². The number of rotatable bonds is 14. The summed E-state index contributed by atoms with van der Waals surface area (Å²) in [7, 11) is 0. The highest BCUT2D eigenvalue weighted by atomic mass is 32.1. The lowest BCUT2D eigenvalue weighted by Crippen LogP contribution is -2.58. The first-order valence-electron chi connectivity index (χ1n) is 19.4. The fourth-order valence-corrected chi connectivity index (χ4v) is 7.91. The number of hydrogen-bond donors (Lipinski definition) is 5. The standard InChI is InChI=1S/C41H48FN9O6S/c1-26(2)36(40(56)51-18-8-12-32(51)39(55)50-21-19-49(20-22-50)37-30-11-6-7-13-33(30)58-48-37)47-35(53)24-43-38(54)31(23-27-9-4-3-5-10-27)46-34(52)25-44-41(57)45-29-16-14-28(42)15-17-29/h3-7,9-11,13-17,26,31-32,36H,8,12,18-25H2,1-2H3,(H,43,54)(H,46,52)(H,47,53)(H2,44,45,57)/t31-,32-,36-/m0/s1. The lowest BCUT2D eigenvalue weighted by molar-refractivity contribution is -0.146. The van der Waals surface area contributed by atoms with E-state index in [1.165, 1.54) is 35.8 Å². The monoisotopic (exact) mass is 813 g/mol. The van der Waals surface area contributed by atoms with Crippen LogP contribution in [0.2, 0.25) is 0 Å². The second-order valence-electron chi connectivity index (χ2n) is 14.6. The van der Waals surface area contributed by atoms with Gasteiger partial charge in [0, 0.05) is 50.2 Å². The van der Waals surface area contributed by atoms with Crippen LogP contribution in [-0.4, -0.2) is 114 Å². The molecular formula is C41H48FN9O6S. The Hall–Kier alpha value is -6.10. The number of fused-ring (bicyclic) bond motifs is 1. The summed E-state index contributed by atoms with van der Waals surface area (Å²) >= 11 is 1.46. The van der Waals surface area contributed by atoms with Gasteiger partial charge in [-0.25, -0.2) is 9.18 Å². The Morgan fingerprint density at radius 1 is 0.810 bits per heavy atom. The highest BCUT2D eigenvalue weighted by Gasteiger charge is 2.41. The molecule has 7 amide bonds. The van der Waals surface area contributed by atoms with Crippen molar-refractivity contribution >= 4 is 68.7 Å². The van der Waals surface area contributed by atoms with Crippen molar-refractivity contribution in [2.24, 2.45) is 5.92 Å². The van der Waals surface area contributed by atoms with Crippen LogP contribution >= 0.6 is 11.5 Å². The summed E-state index contributed by atoms with van der Waals surface area (Å²) in [5, 5.41) is 13.9. The van der Waals surface area contributed by atoms with Gasteiger partial charge in [0.05, 0.1) is 17.8 Å². The number of nitrogens with one attached hydrogen (secondary N) is 5. The van der Waals surface area contributed by atoms with Crippen LogP contribution in [0, 0.1) is 11.7 Å². The van der Waals surface area contributed by atoms with E-state index >= 15 is 0 Å². The molecule has 2 fully saturated rings. The fourth-order valence-electron chi connectivity index (χ4n) is 7.12. The smallest absolute Gasteiger partial charge is 0.319 e. The Balaban J connectivity index is 1.00. The third-order valence-corrected chi connectivity index (χ3v) is 11.0. The van der Waals surface area contributed by atoms with Crippen molar-refractivity contribution in [1.82, 2.24) is 35.4 Å². The molecule has 2 aliphatic heterocycles. The summed E-state index contributed by atoms with van der Waals surface area (Å²) in [6.07, 6.45) is 1.28. The molecule has 15 nitrogen and oxygen atoms in total. The Bertz CT molecular complexity index is 2090. The second-order valence-corrected chi connectivity index (χ2v) is 15.4. The molecule has 0 aliphatic carbocycles. The minimum absolute atomic E-state index is 0.0934. The van der Waals surface area contributed by atoms with Crippen LogP contribution in [0.1, 0.15) is 32.3 Å². The van der Waals surface area contributed by atoms with E-state index in [2.05, 4.69) is 41.9 Å². The van der Waals surface area contributed by atoms with Crippen LogP contribution in [0.15, 0.2) is 78.9 Å². The third kappa shape index (κ3) is 10.6. The molecule has 0 saturated carbocycles. The van der Waals surface area contributed by atoms with E-state index in [1.54, 1.807) is 43.0 Å². The number of halogens is 1. The van der Waals surface area contributed by atoms with E-state index in [-0.39, 0.29) is 24.2 Å². The topological polar surface area (TPSA) is 185 Å². The number of carbonyl (C=O) groups is 6. The molecule has 1 aromatic heterocycles. The number of likely N-dealkylation sites (tertiary alicyclic amines) is 1. The summed E-state index contributed by atoms with van der Waals surface area (Å²) in [5.41, 5.74) is 1.06. The lowest BCUT2D eigenvalue weighted by atomic mass is 10.0. The number of benzene rings is 3. The SMILES string of the molecule is CC(C)[C@H](NC(=O)CNC(=O)[C@H](Cc1ccccc1)NC(=O)CNC(=O)Nc1ccc(F)cc1)C(=O)N1CCC[C@H]1C(=O)N1CCN(c2nsc3ccccc23)CC1. The minimum atomic E-state index is -1.11. The van der Waals surface area contributed by atoms with Gasteiger partial charge in [-0.2, -0.15) is 4.37 Å². The van der Waals surface area contributed by atoms with Gasteiger partial charge >= 0.3 is 6.03 Å². The van der Waals surface area contributed by atoms with Gasteiger partial charge in [0.15, 0.2) is 0 Å². The van der Waals surface area contributed by atoms with Crippen LogP contribution < -0.4 is 31.5 Å². The predicted molar refractivity (Wildman–Crippen MR) is 218 cm³/mol. The number of amides is 7. The van der Waals surface area contributed by atoms with Crippen molar-refractivity contribution in [2.45, 2.75) is 51.2 Å². The maximum absolute atomic E-state index is 14.0. The molecule has 3 heterocycles. The molecule has 306 valence electrons. The number of nitrogens with zero attached hydrogens (tertiary/aromatic N) is 4. The maximum atomic E-state index is 14.0. The number of aromatic nitrogens is 1. The zero-order chi connectivity index (χ0) is 41.2. The van der Waals surface area contributed by atoms with E-state index in [0.29, 0.717) is 51.3 Å². The lowest BCUT2D eigenvalue weighted by Gasteiger charge is -2.38. The fraction of sp³-hybridized carbons (Fsp3) is 0.390. The average molecular weight is 814 g/mol. The molecule has 58 heavy (non-hydrogen) atoms. The molecule has 0 unspecified atom stereocenters. The van der Waals surface area contributed by atoms with Gasteiger partial charge in [0.2, 0.25) is 29.5 Å². The van der Waals surface area contributed by atoms with Crippen LogP contribution in [0.3, 0.4) is 0 Å². The normalized spacial score (nSPS) is 16.4. The number of anilines is 2. The Morgan fingerprint density at radius 3 is 2.21 bits per heavy atom. The second kappa shape index (κ2) is 19.4. The molecule has 2 saturated heterocycles. The molecular weight excluding hydrogens is 766 g/mol. The van der Waals surface area contributed by atoms with Crippen molar-refractivity contribution < 1.29 is 33.2 Å². The van der Waals surface area contributed by atoms with Crippen molar-refractivity contribution in [2.75, 3.05) is 56.0 Å². The summed E-state index contributed by atoms with van der Waals surface area (Å²) < 4.78 is 19.0. The molecule has 3 atom stereocenters. The Morgan fingerprint density at radius 2 is 1.48 bits per heavy atom.